The van der Waals surface area contributed by atoms with Crippen molar-refractivity contribution in [2.75, 3.05) is 11.5 Å². The van der Waals surface area contributed by atoms with Gasteiger partial charge in [-0.2, -0.15) is 0 Å². The van der Waals surface area contributed by atoms with Crippen LogP contribution >= 0.6 is 0 Å². The number of halogens is 2. The van der Waals surface area contributed by atoms with Crippen LogP contribution in [0.2, 0.25) is 0 Å². The second-order valence-corrected chi connectivity index (χ2v) is 10.6. The van der Waals surface area contributed by atoms with Crippen molar-refractivity contribution in [1.29, 1.82) is 0 Å². The molecule has 2 N–H and O–H groups in total. The number of aliphatic carboxylic acids is 1. The Balaban J connectivity index is 1.98. The molecule has 3 aromatic heterocycles. The van der Waals surface area contributed by atoms with E-state index in [0.717, 1.165) is 12.4 Å². The molecule has 3 rings (SSSR count). The second kappa shape index (κ2) is 8.29. The number of sulfone groups is 1. The number of carboxylic acid groups (broad SMARTS) is 1. The number of aromatic nitrogens is 4. The minimum Gasteiger partial charge on any atom is -0.480 e. The van der Waals surface area contributed by atoms with Gasteiger partial charge < -0.3 is 10.1 Å². The molecule has 0 aromatic carbocycles. The fourth-order valence-corrected chi connectivity index (χ4v) is 4.97. The Morgan fingerprint density at radius 3 is 2.58 bits per heavy atom. The summed E-state index contributed by atoms with van der Waals surface area (Å²) in [7, 11) is -3.90. The Morgan fingerprint density at radius 1 is 1.23 bits per heavy atom. The molecule has 0 aliphatic rings. The van der Waals surface area contributed by atoms with Crippen molar-refractivity contribution in [3.8, 4) is 11.4 Å². The molecule has 0 saturated heterocycles. The van der Waals surface area contributed by atoms with Gasteiger partial charge in [-0.25, -0.2) is 32.2 Å². The Hall–Kier alpha value is -2.95. The third-order valence-corrected chi connectivity index (χ3v) is 6.62. The minimum absolute atomic E-state index is 0.00541. The summed E-state index contributed by atoms with van der Waals surface area (Å²) in [5, 5.41) is 9.28. The molecule has 0 radical (unpaired) electrons. The van der Waals surface area contributed by atoms with E-state index in [4.69, 9.17) is 5.11 Å². The molecule has 0 fully saturated rings. The zero-order chi connectivity index (χ0) is 23.0. The van der Waals surface area contributed by atoms with Crippen molar-refractivity contribution in [3.63, 3.8) is 0 Å². The first-order valence-corrected chi connectivity index (χ1v) is 11.2. The van der Waals surface area contributed by atoms with Gasteiger partial charge in [0.1, 0.15) is 17.2 Å². The number of carbonyl (C=O) groups is 1. The number of fused-ring (bicyclic) bond motifs is 1. The van der Waals surface area contributed by atoms with Gasteiger partial charge >= 0.3 is 5.97 Å². The third kappa shape index (κ3) is 5.40. The lowest BCUT2D eigenvalue weighted by atomic mass is 9.79. The number of nitrogens with one attached hydrogen (secondary N) is 1. The maximum atomic E-state index is 14.5. The average molecular weight is 452 g/mol. The monoisotopic (exact) mass is 452 g/mol. The van der Waals surface area contributed by atoms with E-state index >= 15 is 0 Å². The van der Waals surface area contributed by atoms with Crippen LogP contribution in [0.15, 0.2) is 24.7 Å². The standard InChI is InChI=1S/C20H22F2N4O4S/c1-20(2,3)11(9-31(29,30)10-17(27)28)4-16-15(22)8-25-19(26-16)14-7-24-18-13(14)5-12(21)6-23-18/h5-8,11H,4,9-10H2,1-3H3,(H,23,24)(H,27,28)/t11-/m1/s1. The van der Waals surface area contributed by atoms with Gasteiger partial charge in [0.05, 0.1) is 23.8 Å². The van der Waals surface area contributed by atoms with E-state index in [2.05, 4.69) is 19.9 Å². The number of rotatable bonds is 7. The van der Waals surface area contributed by atoms with E-state index in [-0.39, 0.29) is 17.9 Å². The van der Waals surface area contributed by atoms with Crippen LogP contribution in [0, 0.1) is 23.0 Å². The normalized spacial score (nSPS) is 13.5. The highest BCUT2D eigenvalue weighted by atomic mass is 32.2. The number of nitrogens with zero attached hydrogens (tertiary/aromatic N) is 3. The zero-order valence-corrected chi connectivity index (χ0v) is 18.0. The summed E-state index contributed by atoms with van der Waals surface area (Å²) in [4.78, 5) is 25.9. The highest BCUT2D eigenvalue weighted by molar-refractivity contribution is 7.92. The summed E-state index contributed by atoms with van der Waals surface area (Å²) in [6.45, 7) is 5.38. The molecule has 0 bridgehead atoms. The van der Waals surface area contributed by atoms with E-state index in [1.165, 1.54) is 12.3 Å². The molecule has 1 atom stereocenters. The van der Waals surface area contributed by atoms with E-state index < -0.39 is 50.3 Å². The highest BCUT2D eigenvalue weighted by Gasteiger charge is 2.32. The molecule has 0 aliphatic heterocycles. The summed E-state index contributed by atoms with van der Waals surface area (Å²) >= 11 is 0. The lowest BCUT2D eigenvalue weighted by molar-refractivity contribution is -0.134. The van der Waals surface area contributed by atoms with Gasteiger partial charge in [0.25, 0.3) is 0 Å². The van der Waals surface area contributed by atoms with E-state index in [1.54, 1.807) is 20.8 Å². The SMILES string of the molecule is CC(C)(C)[C@H](Cc1nc(-c2c[nH]c3ncc(F)cc23)ncc1F)CS(=O)(=O)CC(=O)O. The molecule has 0 unspecified atom stereocenters. The number of H-pyrrole nitrogens is 1. The molecule has 0 saturated carbocycles. The van der Waals surface area contributed by atoms with E-state index in [1.807, 2.05) is 0 Å². The van der Waals surface area contributed by atoms with Crippen LogP contribution in [-0.2, 0) is 21.1 Å². The van der Waals surface area contributed by atoms with Gasteiger partial charge in [-0.05, 0) is 23.8 Å². The number of hydrogen-bond donors (Lipinski definition) is 2. The fraction of sp³-hybridized carbons (Fsp3) is 0.400. The zero-order valence-electron chi connectivity index (χ0n) is 17.2. The van der Waals surface area contributed by atoms with Crippen LogP contribution in [0.25, 0.3) is 22.4 Å². The van der Waals surface area contributed by atoms with Crippen molar-refractivity contribution < 1.29 is 27.1 Å². The summed E-state index contributed by atoms with van der Waals surface area (Å²) < 4.78 is 52.7. The summed E-state index contributed by atoms with van der Waals surface area (Å²) in [5.74, 6) is -4.59. The molecular formula is C20H22F2N4O4S. The van der Waals surface area contributed by atoms with Crippen molar-refractivity contribution >= 4 is 26.8 Å². The highest BCUT2D eigenvalue weighted by Crippen LogP contribution is 2.32. The van der Waals surface area contributed by atoms with Crippen molar-refractivity contribution in [1.82, 2.24) is 19.9 Å². The largest absolute Gasteiger partial charge is 0.480 e. The minimum atomic E-state index is -3.90. The second-order valence-electron chi connectivity index (χ2n) is 8.46. The summed E-state index contributed by atoms with van der Waals surface area (Å²) in [5.41, 5.74) is 0.262. The van der Waals surface area contributed by atoms with Gasteiger partial charge in [0.15, 0.2) is 21.5 Å². The Morgan fingerprint density at radius 2 is 1.94 bits per heavy atom. The predicted octanol–water partition coefficient (Wildman–Crippen LogP) is 3.00. The van der Waals surface area contributed by atoms with E-state index in [0.29, 0.717) is 16.6 Å². The average Bonchev–Trinajstić information content (AvgIpc) is 3.03. The van der Waals surface area contributed by atoms with E-state index in [9.17, 15) is 22.0 Å². The lowest BCUT2D eigenvalue weighted by Crippen LogP contribution is -2.33. The summed E-state index contributed by atoms with van der Waals surface area (Å²) in [6.07, 6.45) is 3.53. The third-order valence-electron chi connectivity index (χ3n) is 5.02. The molecule has 0 spiro atoms. The number of aromatic amines is 1. The van der Waals surface area contributed by atoms with Crippen molar-refractivity contribution in [2.45, 2.75) is 27.2 Å². The summed E-state index contributed by atoms with van der Waals surface area (Å²) in [6, 6.07) is 1.26. The Bertz CT molecular complexity index is 1240. The first-order chi connectivity index (χ1) is 14.4. The topological polar surface area (TPSA) is 126 Å². The predicted molar refractivity (Wildman–Crippen MR) is 110 cm³/mol. The lowest BCUT2D eigenvalue weighted by Gasteiger charge is -2.30. The van der Waals surface area contributed by atoms with Crippen LogP contribution in [0.3, 0.4) is 0 Å². The first kappa shape index (κ1) is 22.7. The molecule has 3 aromatic rings. The fourth-order valence-electron chi connectivity index (χ4n) is 3.24. The molecule has 8 nitrogen and oxygen atoms in total. The number of pyridine rings is 1. The molecule has 0 aliphatic carbocycles. The quantitative estimate of drug-likeness (QED) is 0.564. The molecule has 11 heteroatoms. The Kier molecular flexibility index (Phi) is 6.08. The molecule has 31 heavy (non-hydrogen) atoms. The van der Waals surface area contributed by atoms with Gasteiger partial charge in [-0.1, -0.05) is 20.8 Å². The molecule has 0 amide bonds. The van der Waals surface area contributed by atoms with Crippen LogP contribution in [-0.4, -0.2) is 50.9 Å². The van der Waals surface area contributed by atoms with Gasteiger partial charge in [0, 0.05) is 17.1 Å². The molecule has 3 heterocycles. The number of carboxylic acids is 1. The maximum absolute atomic E-state index is 14.5. The van der Waals surface area contributed by atoms with Crippen LogP contribution < -0.4 is 0 Å². The maximum Gasteiger partial charge on any atom is 0.318 e. The van der Waals surface area contributed by atoms with Crippen LogP contribution in [0.5, 0.6) is 0 Å². The molecular weight excluding hydrogens is 430 g/mol. The number of hydrogen-bond acceptors (Lipinski definition) is 6. The van der Waals surface area contributed by atoms with Gasteiger partial charge in [-0.15, -0.1) is 0 Å². The van der Waals surface area contributed by atoms with Crippen molar-refractivity contribution in [3.05, 3.63) is 42.0 Å². The van der Waals surface area contributed by atoms with Crippen LogP contribution in [0.4, 0.5) is 8.78 Å². The van der Waals surface area contributed by atoms with Crippen LogP contribution in [0.1, 0.15) is 26.5 Å². The smallest absolute Gasteiger partial charge is 0.318 e. The van der Waals surface area contributed by atoms with Crippen molar-refractivity contribution in [2.24, 2.45) is 11.3 Å². The van der Waals surface area contributed by atoms with Gasteiger partial charge in [-0.3, -0.25) is 4.79 Å². The first-order valence-electron chi connectivity index (χ1n) is 9.42. The molecule has 166 valence electrons. The van der Waals surface area contributed by atoms with Gasteiger partial charge in [0.2, 0.25) is 0 Å². The Labute approximate surface area is 177 Å².